The van der Waals surface area contributed by atoms with Crippen molar-refractivity contribution in [2.24, 2.45) is 0 Å². The van der Waals surface area contributed by atoms with E-state index in [-0.39, 0.29) is 5.78 Å². The minimum atomic E-state index is 0.193. The molecule has 30 heavy (non-hydrogen) atoms. The highest BCUT2D eigenvalue weighted by Crippen LogP contribution is 2.25. The first kappa shape index (κ1) is 20.6. The maximum absolute atomic E-state index is 13.0. The molecule has 1 aliphatic rings. The van der Waals surface area contributed by atoms with Gasteiger partial charge in [-0.2, -0.15) is 0 Å². The first-order chi connectivity index (χ1) is 14.4. The number of aromatic nitrogens is 1. The molecule has 4 rings (SSSR count). The number of nitrogens with one attached hydrogen (secondary N) is 1. The number of rotatable bonds is 7. The van der Waals surface area contributed by atoms with Crippen LogP contribution in [0.1, 0.15) is 32.6 Å². The average Bonchev–Trinajstić information content (AvgIpc) is 3.13. The number of hydrogen-bond acceptors (Lipinski definition) is 3. The molecule has 1 aromatic heterocycles. The fourth-order valence-electron chi connectivity index (χ4n) is 4.23. The molecular weight excluding hydrogens is 370 g/mol. The molecule has 0 aliphatic heterocycles. The monoisotopic (exact) mass is 401 g/mol. The summed E-state index contributed by atoms with van der Waals surface area (Å²) in [6.45, 7) is 7.67. The van der Waals surface area contributed by atoms with Crippen LogP contribution in [-0.4, -0.2) is 54.3 Å². The van der Waals surface area contributed by atoms with Crippen LogP contribution in [0.2, 0.25) is 0 Å². The van der Waals surface area contributed by atoms with Gasteiger partial charge in [-0.15, -0.1) is 0 Å². The van der Waals surface area contributed by atoms with Crippen LogP contribution in [0.5, 0.6) is 0 Å². The van der Waals surface area contributed by atoms with Crippen molar-refractivity contribution in [3.63, 3.8) is 0 Å². The van der Waals surface area contributed by atoms with Crippen LogP contribution < -0.4 is 0 Å². The van der Waals surface area contributed by atoms with Gasteiger partial charge in [-0.25, -0.2) is 0 Å². The molecule has 156 valence electrons. The largest absolute Gasteiger partial charge is 0.361 e. The molecule has 0 bridgehead atoms. The van der Waals surface area contributed by atoms with E-state index in [0.717, 1.165) is 42.8 Å². The normalized spacial score (nSPS) is 13.9. The van der Waals surface area contributed by atoms with Crippen molar-refractivity contribution < 1.29 is 4.79 Å². The molecule has 0 fully saturated rings. The minimum absolute atomic E-state index is 0.193. The summed E-state index contributed by atoms with van der Waals surface area (Å²) >= 11 is 0. The number of likely N-dealkylation sites (N-methyl/N-ethyl adjacent to an activating group) is 2. The number of benzene rings is 2. The molecule has 0 atom stereocenters. The van der Waals surface area contributed by atoms with Gasteiger partial charge in [-0.05, 0) is 68.8 Å². The lowest BCUT2D eigenvalue weighted by atomic mass is 9.87. The van der Waals surface area contributed by atoms with E-state index in [9.17, 15) is 4.79 Å². The third-order valence-electron chi connectivity index (χ3n) is 6.24. The Morgan fingerprint density at radius 3 is 2.47 bits per heavy atom. The molecule has 0 unspecified atom stereocenters. The molecule has 4 heteroatoms. The van der Waals surface area contributed by atoms with E-state index in [1.165, 1.54) is 27.6 Å². The van der Waals surface area contributed by atoms with Crippen LogP contribution in [0, 0.1) is 13.8 Å². The first-order valence-electron chi connectivity index (χ1n) is 10.7. The van der Waals surface area contributed by atoms with Crippen LogP contribution in [0.15, 0.2) is 54.2 Å². The van der Waals surface area contributed by atoms with Gasteiger partial charge >= 0.3 is 0 Å². The lowest BCUT2D eigenvalue weighted by Gasteiger charge is -2.24. The Kier molecular flexibility index (Phi) is 5.89. The Bertz CT molecular complexity index is 1110. The Morgan fingerprint density at radius 2 is 1.67 bits per heavy atom. The first-order valence-corrected chi connectivity index (χ1v) is 10.7. The molecule has 1 heterocycles. The minimum Gasteiger partial charge on any atom is -0.361 e. The van der Waals surface area contributed by atoms with E-state index in [4.69, 9.17) is 0 Å². The highest BCUT2D eigenvalue weighted by atomic mass is 16.1. The van der Waals surface area contributed by atoms with Gasteiger partial charge in [0.2, 0.25) is 0 Å². The molecule has 0 amide bonds. The molecule has 1 aliphatic carbocycles. The summed E-state index contributed by atoms with van der Waals surface area (Å²) in [6, 6.07) is 12.7. The summed E-state index contributed by atoms with van der Waals surface area (Å²) < 4.78 is 0. The topological polar surface area (TPSA) is 39.3 Å². The van der Waals surface area contributed by atoms with Crippen molar-refractivity contribution in [1.29, 1.82) is 0 Å². The number of allylic oxidation sites excluding steroid dienone is 1. The second kappa shape index (κ2) is 8.58. The number of fused-ring (bicyclic) bond motifs is 2. The zero-order chi connectivity index (χ0) is 21.3. The summed E-state index contributed by atoms with van der Waals surface area (Å²) in [5.41, 5.74) is 7.93. The number of aromatic amines is 1. The van der Waals surface area contributed by atoms with Gasteiger partial charge in [-0.1, -0.05) is 30.3 Å². The van der Waals surface area contributed by atoms with Crippen LogP contribution in [0.4, 0.5) is 0 Å². The Labute approximate surface area is 179 Å². The van der Waals surface area contributed by atoms with E-state index >= 15 is 0 Å². The fourth-order valence-corrected chi connectivity index (χ4v) is 4.23. The van der Waals surface area contributed by atoms with Gasteiger partial charge in [0.05, 0.1) is 0 Å². The summed E-state index contributed by atoms with van der Waals surface area (Å²) in [5, 5.41) is 1.29. The zero-order valence-electron chi connectivity index (χ0n) is 18.5. The number of H-pyrrole nitrogens is 1. The molecule has 0 saturated heterocycles. The molecule has 3 aromatic rings. The van der Waals surface area contributed by atoms with Crippen LogP contribution in [0.25, 0.3) is 10.9 Å². The van der Waals surface area contributed by atoms with Crippen molar-refractivity contribution in [2.45, 2.75) is 26.8 Å². The number of carbonyl (C=O) groups is 1. The van der Waals surface area contributed by atoms with E-state index in [2.05, 4.69) is 91.4 Å². The van der Waals surface area contributed by atoms with Crippen molar-refractivity contribution in [1.82, 2.24) is 14.8 Å². The van der Waals surface area contributed by atoms with Gasteiger partial charge in [0, 0.05) is 54.4 Å². The molecule has 0 radical (unpaired) electrons. The van der Waals surface area contributed by atoms with Crippen molar-refractivity contribution in [2.75, 3.05) is 33.7 Å². The Morgan fingerprint density at radius 1 is 0.967 bits per heavy atom. The van der Waals surface area contributed by atoms with Gasteiger partial charge in [-0.3, -0.25) is 4.79 Å². The Balaban J connectivity index is 1.32. The summed E-state index contributed by atoms with van der Waals surface area (Å²) in [4.78, 5) is 20.9. The summed E-state index contributed by atoms with van der Waals surface area (Å²) in [6.07, 6.45) is 5.08. The fraction of sp³-hybridized carbons (Fsp3) is 0.346. The number of ketones is 1. The predicted molar refractivity (Wildman–Crippen MR) is 124 cm³/mol. The SMILES string of the molecule is Cc1cc2c(cc1C)C(=O)C(CN(C)CCN(C)Cc1c[nH]c3ccccc13)=CC2. The smallest absolute Gasteiger partial charge is 0.190 e. The highest BCUT2D eigenvalue weighted by molar-refractivity contribution is 6.11. The molecule has 4 nitrogen and oxygen atoms in total. The van der Waals surface area contributed by atoms with E-state index in [1.54, 1.807) is 0 Å². The lowest BCUT2D eigenvalue weighted by Crippen LogP contribution is -2.33. The van der Waals surface area contributed by atoms with Gasteiger partial charge in [0.1, 0.15) is 0 Å². The second-order valence-electron chi connectivity index (χ2n) is 8.69. The van der Waals surface area contributed by atoms with Crippen molar-refractivity contribution in [3.05, 3.63) is 82.1 Å². The molecule has 0 saturated carbocycles. The highest BCUT2D eigenvalue weighted by Gasteiger charge is 2.22. The number of Topliss-reactive ketones (excluding diaryl/α,β-unsaturated/α-hetero) is 1. The van der Waals surface area contributed by atoms with Crippen molar-refractivity contribution in [3.8, 4) is 0 Å². The standard InChI is InChI=1S/C26H31N3O/c1-18-13-20-9-10-21(26(30)24(20)14-19(18)2)16-28(3)11-12-29(4)17-22-15-27-25-8-6-5-7-23(22)25/h5-8,10,13-15,27H,9,11-12,16-17H2,1-4H3. The van der Waals surface area contributed by atoms with Crippen LogP contribution in [-0.2, 0) is 13.0 Å². The van der Waals surface area contributed by atoms with Gasteiger partial charge in [0.25, 0.3) is 0 Å². The maximum atomic E-state index is 13.0. The number of aryl methyl sites for hydroxylation is 2. The number of para-hydroxylation sites is 1. The van der Waals surface area contributed by atoms with Crippen LogP contribution >= 0.6 is 0 Å². The molecule has 1 N–H and O–H groups in total. The van der Waals surface area contributed by atoms with E-state index in [0.29, 0.717) is 6.54 Å². The lowest BCUT2D eigenvalue weighted by molar-refractivity contribution is 0.102. The van der Waals surface area contributed by atoms with Gasteiger partial charge in [0.15, 0.2) is 5.78 Å². The maximum Gasteiger partial charge on any atom is 0.190 e. The predicted octanol–water partition coefficient (Wildman–Crippen LogP) is 4.51. The number of carbonyl (C=O) groups excluding carboxylic acids is 1. The summed E-state index contributed by atoms with van der Waals surface area (Å²) in [5.74, 6) is 0.193. The van der Waals surface area contributed by atoms with Crippen LogP contribution in [0.3, 0.4) is 0 Å². The van der Waals surface area contributed by atoms with Gasteiger partial charge < -0.3 is 14.8 Å². The van der Waals surface area contributed by atoms with E-state index < -0.39 is 0 Å². The quantitative estimate of drug-likeness (QED) is 0.633. The number of hydrogen-bond donors (Lipinski definition) is 1. The number of nitrogens with zero attached hydrogens (tertiary/aromatic N) is 2. The third kappa shape index (κ3) is 4.25. The van der Waals surface area contributed by atoms with Crippen molar-refractivity contribution >= 4 is 16.7 Å². The summed E-state index contributed by atoms with van der Waals surface area (Å²) in [7, 11) is 4.26. The third-order valence-corrected chi connectivity index (χ3v) is 6.24. The molecular formula is C26H31N3O. The second-order valence-corrected chi connectivity index (χ2v) is 8.69. The molecule has 0 spiro atoms. The molecule has 2 aromatic carbocycles. The Hall–Kier alpha value is -2.69. The van der Waals surface area contributed by atoms with E-state index in [1.807, 2.05) is 0 Å². The average molecular weight is 402 g/mol. The zero-order valence-corrected chi connectivity index (χ0v) is 18.5.